The molecule has 1 amide bonds. The lowest BCUT2D eigenvalue weighted by Gasteiger charge is -2.39. The molecule has 0 N–H and O–H groups in total. The van der Waals surface area contributed by atoms with Crippen LogP contribution in [0.2, 0.25) is 0 Å². The lowest BCUT2D eigenvalue weighted by Crippen LogP contribution is -2.49. The van der Waals surface area contributed by atoms with Gasteiger partial charge in [0.1, 0.15) is 5.84 Å². The fourth-order valence-corrected chi connectivity index (χ4v) is 5.60. The third kappa shape index (κ3) is 4.90. The highest BCUT2D eigenvalue weighted by molar-refractivity contribution is 7.90. The maximum Gasteiger partial charge on any atom is 0.256 e. The summed E-state index contributed by atoms with van der Waals surface area (Å²) >= 11 is 0. The summed E-state index contributed by atoms with van der Waals surface area (Å²) < 4.78 is 32.8. The lowest BCUT2D eigenvalue weighted by atomic mass is 9.95. The zero-order valence-corrected chi connectivity index (χ0v) is 18.0. The van der Waals surface area contributed by atoms with Crippen molar-refractivity contribution < 1.29 is 17.9 Å². The monoisotopic (exact) mass is 422 g/mol. The maximum absolute atomic E-state index is 12.9. The zero-order chi connectivity index (χ0) is 20.6. The van der Waals surface area contributed by atoms with Gasteiger partial charge in [-0.1, -0.05) is 0 Å². The van der Waals surface area contributed by atoms with Gasteiger partial charge in [0, 0.05) is 45.5 Å². The number of amidine groups is 1. The molecule has 0 radical (unpaired) electrons. The molecule has 4 heterocycles. The number of hydrogen-bond acceptors (Lipinski definition) is 6. The van der Waals surface area contributed by atoms with Crippen LogP contribution >= 0.6 is 0 Å². The number of sulfonamides is 1. The van der Waals surface area contributed by atoms with Gasteiger partial charge in [0.05, 0.1) is 23.5 Å². The fourth-order valence-electron chi connectivity index (χ4n) is 4.63. The molecule has 0 aromatic carbocycles. The Morgan fingerprint density at radius 3 is 2.52 bits per heavy atom. The minimum absolute atomic E-state index is 0.0146. The summed E-state index contributed by atoms with van der Waals surface area (Å²) in [7, 11) is -3.38. The van der Waals surface area contributed by atoms with Gasteiger partial charge in [-0.25, -0.2) is 8.42 Å². The Bertz CT molecular complexity index is 833. The Balaban J connectivity index is 1.31. The van der Waals surface area contributed by atoms with Gasteiger partial charge in [0.2, 0.25) is 0 Å². The van der Waals surface area contributed by atoms with E-state index in [2.05, 4.69) is 23.1 Å². The largest absolute Gasteiger partial charge is 0.373 e. The SMILES string of the molecule is CC1CN(CC2CCN(C(=O)C3=CN4CCS(=O)(=O)N=C4C=C3)CC2)CC(C)O1. The van der Waals surface area contributed by atoms with E-state index in [4.69, 9.17) is 4.74 Å². The molecule has 4 rings (SSSR count). The molecule has 2 saturated heterocycles. The lowest BCUT2D eigenvalue weighted by molar-refractivity contribution is -0.128. The minimum atomic E-state index is -3.38. The van der Waals surface area contributed by atoms with E-state index in [1.165, 1.54) is 0 Å². The molecule has 2 fully saturated rings. The van der Waals surface area contributed by atoms with Crippen molar-refractivity contribution in [1.29, 1.82) is 0 Å². The van der Waals surface area contributed by atoms with Gasteiger partial charge in [-0.15, -0.1) is 4.40 Å². The first kappa shape index (κ1) is 20.6. The molecule has 2 unspecified atom stereocenters. The summed E-state index contributed by atoms with van der Waals surface area (Å²) in [4.78, 5) is 19.1. The molecule has 9 heteroatoms. The second-order valence-electron chi connectivity index (χ2n) is 8.56. The molecule has 8 nitrogen and oxygen atoms in total. The number of rotatable bonds is 3. The van der Waals surface area contributed by atoms with Crippen LogP contribution in [0.3, 0.4) is 0 Å². The van der Waals surface area contributed by atoms with Crippen LogP contribution in [-0.2, 0) is 19.6 Å². The first-order valence-corrected chi connectivity index (χ1v) is 12.1. The number of carbonyl (C=O) groups excluding carboxylic acids is 1. The van der Waals surface area contributed by atoms with E-state index in [9.17, 15) is 13.2 Å². The molecular formula is C20H30N4O4S. The zero-order valence-electron chi connectivity index (χ0n) is 17.2. The van der Waals surface area contributed by atoms with Crippen molar-refractivity contribution in [3.8, 4) is 0 Å². The number of nitrogens with zero attached hydrogens (tertiary/aromatic N) is 4. The summed E-state index contributed by atoms with van der Waals surface area (Å²) in [5.41, 5.74) is 0.595. The van der Waals surface area contributed by atoms with Crippen LogP contribution < -0.4 is 0 Å². The van der Waals surface area contributed by atoms with Crippen LogP contribution in [0.5, 0.6) is 0 Å². The summed E-state index contributed by atoms with van der Waals surface area (Å²) in [6.45, 7) is 9.16. The van der Waals surface area contributed by atoms with Gasteiger partial charge < -0.3 is 14.5 Å². The molecular weight excluding hydrogens is 392 g/mol. The Hall–Kier alpha value is -1.71. The average molecular weight is 423 g/mol. The van der Waals surface area contributed by atoms with Gasteiger partial charge in [0.15, 0.2) is 0 Å². The molecule has 0 saturated carbocycles. The van der Waals surface area contributed by atoms with E-state index >= 15 is 0 Å². The minimum Gasteiger partial charge on any atom is -0.373 e. The molecule has 0 aromatic heterocycles. The molecule has 2 atom stereocenters. The first-order chi connectivity index (χ1) is 13.8. The number of ether oxygens (including phenoxy) is 1. The van der Waals surface area contributed by atoms with Crippen LogP contribution in [0.15, 0.2) is 28.3 Å². The Morgan fingerprint density at radius 1 is 1.14 bits per heavy atom. The molecule has 0 spiro atoms. The number of carbonyl (C=O) groups is 1. The van der Waals surface area contributed by atoms with Crippen LogP contribution in [0.4, 0.5) is 0 Å². The summed E-state index contributed by atoms with van der Waals surface area (Å²) in [5.74, 6) is 0.992. The van der Waals surface area contributed by atoms with Crippen molar-refractivity contribution in [3.05, 3.63) is 23.9 Å². The Kier molecular flexibility index (Phi) is 5.81. The number of amides is 1. The van der Waals surface area contributed by atoms with Crippen LogP contribution in [0, 0.1) is 5.92 Å². The van der Waals surface area contributed by atoms with E-state index in [0.717, 1.165) is 45.6 Å². The highest BCUT2D eigenvalue weighted by atomic mass is 32.2. The summed E-state index contributed by atoms with van der Waals surface area (Å²) in [6.07, 6.45) is 7.62. The van der Waals surface area contributed by atoms with E-state index in [0.29, 0.717) is 23.9 Å². The highest BCUT2D eigenvalue weighted by Crippen LogP contribution is 2.23. The number of hydrogen-bond donors (Lipinski definition) is 0. The third-order valence-corrected chi connectivity index (χ3v) is 7.15. The number of likely N-dealkylation sites (tertiary alicyclic amines) is 1. The highest BCUT2D eigenvalue weighted by Gasteiger charge is 2.30. The van der Waals surface area contributed by atoms with Crippen molar-refractivity contribution >= 4 is 21.8 Å². The molecule has 0 aromatic rings. The third-order valence-electron chi connectivity index (χ3n) is 5.98. The average Bonchev–Trinajstić information content (AvgIpc) is 2.66. The topological polar surface area (TPSA) is 82.5 Å². The van der Waals surface area contributed by atoms with Gasteiger partial charge >= 0.3 is 0 Å². The molecule has 160 valence electrons. The Labute approximate surface area is 172 Å². The Morgan fingerprint density at radius 2 is 1.83 bits per heavy atom. The molecule has 29 heavy (non-hydrogen) atoms. The first-order valence-electron chi connectivity index (χ1n) is 10.5. The van der Waals surface area contributed by atoms with Crippen LogP contribution in [0.25, 0.3) is 0 Å². The van der Waals surface area contributed by atoms with Crippen molar-refractivity contribution in [3.63, 3.8) is 0 Å². The van der Waals surface area contributed by atoms with E-state index < -0.39 is 10.0 Å². The molecule has 4 aliphatic rings. The number of fused-ring (bicyclic) bond motifs is 1. The van der Waals surface area contributed by atoms with Gasteiger partial charge in [-0.3, -0.25) is 9.69 Å². The summed E-state index contributed by atoms with van der Waals surface area (Å²) in [5, 5.41) is 0. The standard InChI is InChI=1S/C20H30N4O4S/c1-15-11-22(12-16(2)28-15)13-17-5-7-23(8-6-17)20(25)18-3-4-19-21-29(26,27)10-9-24(19)14-18/h3-4,14-17H,5-13H2,1-2H3. The molecule has 0 aliphatic carbocycles. The van der Waals surface area contributed by atoms with Crippen molar-refractivity contribution in [2.45, 2.75) is 38.9 Å². The molecule has 0 bridgehead atoms. The van der Waals surface area contributed by atoms with Crippen molar-refractivity contribution in [1.82, 2.24) is 14.7 Å². The van der Waals surface area contributed by atoms with Gasteiger partial charge in [0.25, 0.3) is 15.9 Å². The predicted molar refractivity (Wildman–Crippen MR) is 111 cm³/mol. The second kappa shape index (κ2) is 8.20. The van der Waals surface area contributed by atoms with Crippen LogP contribution in [-0.4, -0.2) is 92.1 Å². The molecule has 4 aliphatic heterocycles. The van der Waals surface area contributed by atoms with Crippen molar-refractivity contribution in [2.24, 2.45) is 10.3 Å². The van der Waals surface area contributed by atoms with E-state index in [1.54, 1.807) is 23.3 Å². The van der Waals surface area contributed by atoms with E-state index in [1.807, 2.05) is 4.90 Å². The number of morpholine rings is 1. The van der Waals surface area contributed by atoms with Gasteiger partial charge in [-0.2, -0.15) is 0 Å². The second-order valence-corrected chi connectivity index (χ2v) is 10.3. The quantitative estimate of drug-likeness (QED) is 0.670. The normalized spacial score (nSPS) is 30.6. The van der Waals surface area contributed by atoms with Crippen molar-refractivity contribution in [2.75, 3.05) is 45.0 Å². The predicted octanol–water partition coefficient (Wildman–Crippen LogP) is 0.832. The smallest absolute Gasteiger partial charge is 0.256 e. The number of piperidine rings is 1. The van der Waals surface area contributed by atoms with E-state index in [-0.39, 0.29) is 23.9 Å². The van der Waals surface area contributed by atoms with Gasteiger partial charge in [-0.05, 0) is 44.8 Å². The maximum atomic E-state index is 12.9. The fraction of sp³-hybridized carbons (Fsp3) is 0.700. The van der Waals surface area contributed by atoms with Crippen LogP contribution in [0.1, 0.15) is 26.7 Å². The summed E-state index contributed by atoms with van der Waals surface area (Å²) in [6, 6.07) is 0.